The van der Waals surface area contributed by atoms with Gasteiger partial charge in [-0.1, -0.05) is 86.5 Å². The molecule has 2 N–H and O–H groups in total. The number of allylic oxidation sites excluding steroid dienone is 2. The first-order valence-corrected chi connectivity index (χ1v) is 12.4. The third-order valence-corrected chi connectivity index (χ3v) is 5.52. The number of phenolic OH excluding ortho intramolecular Hbond substituents is 1. The molecule has 0 aliphatic carbocycles. The summed E-state index contributed by atoms with van der Waals surface area (Å²) in [5.41, 5.74) is 0.851. The fourth-order valence-electron chi connectivity index (χ4n) is 2.68. The lowest BCUT2D eigenvalue weighted by Gasteiger charge is -2.27. The zero-order chi connectivity index (χ0) is 25.3. The van der Waals surface area contributed by atoms with Gasteiger partial charge in [-0.3, -0.25) is 13.9 Å². The Morgan fingerprint density at radius 3 is 1.72 bits per heavy atom. The number of benzene rings is 1. The molecule has 5 nitrogen and oxygen atoms in total. The van der Waals surface area contributed by atoms with Crippen molar-refractivity contribution in [2.45, 2.75) is 98.5 Å². The molecule has 182 valence electrons. The maximum Gasteiger partial charge on any atom is 0.317 e. The van der Waals surface area contributed by atoms with E-state index < -0.39 is 19.6 Å². The van der Waals surface area contributed by atoms with Crippen molar-refractivity contribution < 1.29 is 23.9 Å². The molecule has 0 aliphatic rings. The third kappa shape index (κ3) is 10.3. The summed E-state index contributed by atoms with van der Waals surface area (Å²) in [6.45, 7) is 19.6. The van der Waals surface area contributed by atoms with Crippen LogP contribution in [0.15, 0.2) is 30.4 Å². The second-order valence-corrected chi connectivity index (χ2v) is 11.2. The lowest BCUT2D eigenvalue weighted by atomic mass is 9.78. The molecule has 0 aromatic heterocycles. The molecule has 0 bridgehead atoms. The van der Waals surface area contributed by atoms with E-state index in [0.717, 1.165) is 16.7 Å². The summed E-state index contributed by atoms with van der Waals surface area (Å²) in [7, 11) is -3.20. The normalized spacial score (nSPS) is 13.8. The lowest BCUT2D eigenvalue weighted by molar-refractivity contribution is -0.126. The second-order valence-electron chi connectivity index (χ2n) is 10.4. The van der Waals surface area contributed by atoms with Gasteiger partial charge in [0, 0.05) is 11.1 Å². The Kier molecular flexibility index (Phi) is 11.9. The van der Waals surface area contributed by atoms with E-state index in [1.54, 1.807) is 12.2 Å². The number of aromatic hydroxyl groups is 1. The van der Waals surface area contributed by atoms with Crippen LogP contribution in [0.3, 0.4) is 0 Å². The van der Waals surface area contributed by atoms with E-state index in [1.807, 2.05) is 18.2 Å². The minimum atomic E-state index is -3.20. The van der Waals surface area contributed by atoms with E-state index in [9.17, 15) is 14.5 Å². The minimum Gasteiger partial charge on any atom is -0.507 e. The van der Waals surface area contributed by atoms with Crippen molar-refractivity contribution in [1.29, 1.82) is 0 Å². The first kappa shape index (κ1) is 30.3. The molecule has 1 rings (SSSR count). The summed E-state index contributed by atoms with van der Waals surface area (Å²) in [5, 5.41) is 10.8. The maximum absolute atomic E-state index is 12.1. The Morgan fingerprint density at radius 2 is 1.38 bits per heavy atom. The van der Waals surface area contributed by atoms with Crippen LogP contribution < -0.4 is 0 Å². The van der Waals surface area contributed by atoms with Crippen LogP contribution in [0.5, 0.6) is 5.75 Å². The van der Waals surface area contributed by atoms with Crippen molar-refractivity contribution in [3.63, 3.8) is 0 Å². The standard InChI is InChI=1S/C22H33O5P.C4H10/c1-20(2,3)16-13-15(14-17(19(16)24)21(4,5)6)11-9-10-12-18(23)22(7,8)27-28(25)26;1-3-4-2/h9-14,24,28H,1-8H3,(H,25,26);3-4H2,1-2H3/b11-9+,12-10+;. The molecule has 0 saturated heterocycles. The lowest BCUT2D eigenvalue weighted by Crippen LogP contribution is -2.31. The first-order chi connectivity index (χ1) is 14.5. The molecule has 6 heteroatoms. The number of carbonyl (C=O) groups is 1. The highest BCUT2D eigenvalue weighted by molar-refractivity contribution is 7.32. The van der Waals surface area contributed by atoms with Gasteiger partial charge in [0.1, 0.15) is 11.4 Å². The van der Waals surface area contributed by atoms with Crippen LogP contribution in [-0.4, -0.2) is 21.4 Å². The van der Waals surface area contributed by atoms with Crippen LogP contribution in [0.25, 0.3) is 6.08 Å². The van der Waals surface area contributed by atoms with E-state index in [2.05, 4.69) is 55.4 Å². The van der Waals surface area contributed by atoms with Gasteiger partial charge in [-0.15, -0.1) is 0 Å². The Hall–Kier alpha value is -1.68. The number of phenols is 1. The SMILES string of the molecule is CC(C)(O[PH](=O)O)C(=O)/C=C/C=C/c1cc(C(C)(C)C)c(O)c(C(C)(C)C)c1.CCCC. The molecule has 1 aromatic carbocycles. The summed E-state index contributed by atoms with van der Waals surface area (Å²) in [6.07, 6.45) is 9.11. The van der Waals surface area contributed by atoms with Gasteiger partial charge in [-0.2, -0.15) is 0 Å². The van der Waals surface area contributed by atoms with Crippen molar-refractivity contribution in [2.24, 2.45) is 0 Å². The number of hydrogen-bond acceptors (Lipinski definition) is 4. The molecule has 32 heavy (non-hydrogen) atoms. The summed E-state index contributed by atoms with van der Waals surface area (Å²) in [4.78, 5) is 21.0. The van der Waals surface area contributed by atoms with Crippen molar-refractivity contribution in [1.82, 2.24) is 0 Å². The monoisotopic (exact) mass is 466 g/mol. The molecule has 0 radical (unpaired) electrons. The average Bonchev–Trinajstić information content (AvgIpc) is 2.63. The van der Waals surface area contributed by atoms with Gasteiger partial charge in [0.25, 0.3) is 0 Å². The number of carbonyl (C=O) groups excluding carboxylic acids is 1. The Morgan fingerprint density at radius 1 is 0.938 bits per heavy atom. The molecule has 0 heterocycles. The third-order valence-electron chi connectivity index (χ3n) is 4.83. The van der Waals surface area contributed by atoms with Gasteiger partial charge in [0.2, 0.25) is 0 Å². The van der Waals surface area contributed by atoms with Crippen LogP contribution in [0.4, 0.5) is 0 Å². The summed E-state index contributed by atoms with van der Waals surface area (Å²) < 4.78 is 15.6. The molecule has 0 saturated carbocycles. The Balaban J connectivity index is 0.00000220. The quantitative estimate of drug-likeness (QED) is 0.254. The van der Waals surface area contributed by atoms with E-state index in [-0.39, 0.29) is 10.8 Å². The summed E-state index contributed by atoms with van der Waals surface area (Å²) >= 11 is 0. The van der Waals surface area contributed by atoms with E-state index in [4.69, 9.17) is 9.42 Å². The zero-order valence-corrected chi connectivity index (χ0v) is 22.5. The highest BCUT2D eigenvalue weighted by atomic mass is 31.1. The van der Waals surface area contributed by atoms with Crippen molar-refractivity contribution in [2.75, 3.05) is 0 Å². The van der Waals surface area contributed by atoms with Crippen LogP contribution in [0.1, 0.15) is 98.8 Å². The molecule has 1 atom stereocenters. The van der Waals surface area contributed by atoms with Gasteiger partial charge >= 0.3 is 8.25 Å². The maximum atomic E-state index is 12.1. The predicted molar refractivity (Wildman–Crippen MR) is 136 cm³/mol. The van der Waals surface area contributed by atoms with Gasteiger partial charge in [-0.25, -0.2) is 0 Å². The number of hydrogen-bond donors (Lipinski definition) is 2. The van der Waals surface area contributed by atoms with Gasteiger partial charge in [0.05, 0.1) is 0 Å². The molecular formula is C26H43O5P. The molecule has 0 fully saturated rings. The highest BCUT2D eigenvalue weighted by Gasteiger charge is 2.28. The Bertz CT molecular complexity index is 800. The van der Waals surface area contributed by atoms with Crippen molar-refractivity contribution >= 4 is 20.1 Å². The van der Waals surface area contributed by atoms with Crippen LogP contribution >= 0.6 is 8.25 Å². The molecule has 0 amide bonds. The molecular weight excluding hydrogens is 423 g/mol. The van der Waals surface area contributed by atoms with E-state index in [0.29, 0.717) is 5.75 Å². The zero-order valence-electron chi connectivity index (χ0n) is 21.5. The molecule has 1 aromatic rings. The topological polar surface area (TPSA) is 83.8 Å². The molecule has 0 aliphatic heterocycles. The van der Waals surface area contributed by atoms with Crippen LogP contribution in [0, 0.1) is 0 Å². The van der Waals surface area contributed by atoms with E-state index in [1.165, 1.54) is 32.8 Å². The Labute approximate surface area is 195 Å². The first-order valence-electron chi connectivity index (χ1n) is 11.2. The van der Waals surface area contributed by atoms with Gasteiger partial charge in [-0.05, 0) is 48.4 Å². The van der Waals surface area contributed by atoms with Crippen molar-refractivity contribution in [3.05, 3.63) is 47.1 Å². The number of unbranched alkanes of at least 4 members (excludes halogenated alkanes) is 1. The van der Waals surface area contributed by atoms with E-state index >= 15 is 0 Å². The van der Waals surface area contributed by atoms with Crippen molar-refractivity contribution in [3.8, 4) is 5.75 Å². The van der Waals surface area contributed by atoms with Crippen LogP contribution in [-0.2, 0) is 24.7 Å². The van der Waals surface area contributed by atoms with Gasteiger partial charge < -0.3 is 10.00 Å². The van der Waals surface area contributed by atoms with Crippen LogP contribution in [0.2, 0.25) is 0 Å². The number of rotatable bonds is 7. The number of ketones is 1. The van der Waals surface area contributed by atoms with Gasteiger partial charge in [0.15, 0.2) is 5.78 Å². The smallest absolute Gasteiger partial charge is 0.317 e. The average molecular weight is 467 g/mol. The largest absolute Gasteiger partial charge is 0.507 e. The highest BCUT2D eigenvalue weighted by Crippen LogP contribution is 2.40. The molecule has 1 unspecified atom stereocenters. The minimum absolute atomic E-state index is 0.219. The summed E-state index contributed by atoms with van der Waals surface area (Å²) in [6, 6.07) is 3.89. The molecule has 0 spiro atoms. The predicted octanol–water partition coefficient (Wildman–Crippen LogP) is 7.11. The summed E-state index contributed by atoms with van der Waals surface area (Å²) in [5.74, 6) is -0.0815. The fraction of sp³-hybridized carbons (Fsp3) is 0.577. The fourth-order valence-corrected chi connectivity index (χ4v) is 3.21. The second kappa shape index (κ2) is 12.5.